The van der Waals surface area contributed by atoms with Crippen molar-refractivity contribution in [3.8, 4) is 0 Å². The van der Waals surface area contributed by atoms with Crippen molar-refractivity contribution in [1.29, 1.82) is 0 Å². The molecule has 0 spiro atoms. The molecule has 0 radical (unpaired) electrons. The van der Waals surface area contributed by atoms with Gasteiger partial charge in [0.25, 0.3) is 5.91 Å². The highest BCUT2D eigenvalue weighted by Gasteiger charge is 2.44. The minimum atomic E-state index is -0.754. The first-order valence-corrected chi connectivity index (χ1v) is 8.47. The molecule has 0 bridgehead atoms. The van der Waals surface area contributed by atoms with Crippen LogP contribution in [-0.4, -0.2) is 31.1 Å². The monoisotopic (exact) mass is 364 g/mol. The third kappa shape index (κ3) is 4.82. The van der Waals surface area contributed by atoms with Crippen molar-refractivity contribution < 1.29 is 19.1 Å². The zero-order valence-electron chi connectivity index (χ0n) is 13.8. The molecular formula is C18H21ClN2O4. The van der Waals surface area contributed by atoms with Crippen LogP contribution in [0.5, 0.6) is 0 Å². The Hall–Kier alpha value is -2.34. The van der Waals surface area contributed by atoms with Gasteiger partial charge in [-0.2, -0.15) is 0 Å². The molecule has 25 heavy (non-hydrogen) atoms. The van der Waals surface area contributed by atoms with Crippen molar-refractivity contribution in [3.05, 3.63) is 47.5 Å². The SMILES string of the molecule is C=CCNC(=O)NC(=O)COC(=O)C1(c2ccc(Cl)cc2)CCCC1. The Morgan fingerprint density at radius 3 is 2.44 bits per heavy atom. The van der Waals surface area contributed by atoms with Crippen molar-refractivity contribution in [2.75, 3.05) is 13.2 Å². The number of amides is 3. The molecule has 0 atom stereocenters. The van der Waals surface area contributed by atoms with E-state index in [-0.39, 0.29) is 6.54 Å². The van der Waals surface area contributed by atoms with E-state index in [1.165, 1.54) is 6.08 Å². The Labute approximate surface area is 151 Å². The zero-order chi connectivity index (χ0) is 18.3. The predicted molar refractivity (Wildman–Crippen MR) is 94.3 cm³/mol. The van der Waals surface area contributed by atoms with Crippen LogP contribution in [-0.2, 0) is 19.7 Å². The smallest absolute Gasteiger partial charge is 0.321 e. The van der Waals surface area contributed by atoms with Gasteiger partial charge in [-0.1, -0.05) is 42.7 Å². The van der Waals surface area contributed by atoms with E-state index in [0.717, 1.165) is 18.4 Å². The standard InChI is InChI=1S/C18H21ClN2O4/c1-2-11-20-17(24)21-15(22)12-25-16(23)18(9-3-4-10-18)13-5-7-14(19)8-6-13/h2,5-8H,1,3-4,9-12H2,(H2,20,21,22,24). The van der Waals surface area contributed by atoms with Crippen LogP contribution in [0.3, 0.4) is 0 Å². The number of halogens is 1. The molecule has 1 aliphatic carbocycles. The third-order valence-corrected chi connectivity index (χ3v) is 4.49. The van der Waals surface area contributed by atoms with Crippen LogP contribution in [0.2, 0.25) is 5.02 Å². The maximum atomic E-state index is 12.7. The summed E-state index contributed by atoms with van der Waals surface area (Å²) in [6.45, 7) is 3.18. The summed E-state index contributed by atoms with van der Waals surface area (Å²) in [6, 6.07) is 6.45. The van der Waals surface area contributed by atoms with E-state index in [2.05, 4.69) is 17.2 Å². The van der Waals surface area contributed by atoms with Crippen LogP contribution in [0.25, 0.3) is 0 Å². The summed E-state index contributed by atoms with van der Waals surface area (Å²) >= 11 is 5.92. The summed E-state index contributed by atoms with van der Waals surface area (Å²) in [5.74, 6) is -1.13. The van der Waals surface area contributed by atoms with E-state index < -0.39 is 29.9 Å². The van der Waals surface area contributed by atoms with Gasteiger partial charge in [0, 0.05) is 11.6 Å². The lowest BCUT2D eigenvalue weighted by Crippen LogP contribution is -2.43. The number of ether oxygens (including phenoxy) is 1. The fourth-order valence-corrected chi connectivity index (χ4v) is 3.13. The number of carbonyl (C=O) groups excluding carboxylic acids is 3. The molecule has 7 heteroatoms. The van der Waals surface area contributed by atoms with Crippen LogP contribution in [0.15, 0.2) is 36.9 Å². The summed E-state index contributed by atoms with van der Waals surface area (Å²) in [7, 11) is 0. The highest BCUT2D eigenvalue weighted by atomic mass is 35.5. The largest absolute Gasteiger partial charge is 0.455 e. The fraction of sp³-hybridized carbons (Fsp3) is 0.389. The molecule has 0 heterocycles. The van der Waals surface area contributed by atoms with E-state index in [4.69, 9.17) is 16.3 Å². The second-order valence-corrected chi connectivity index (χ2v) is 6.36. The molecule has 0 aromatic heterocycles. The molecule has 2 rings (SSSR count). The minimum Gasteiger partial charge on any atom is -0.455 e. The fourth-order valence-electron chi connectivity index (χ4n) is 3.00. The van der Waals surface area contributed by atoms with E-state index in [1.807, 2.05) is 12.1 Å². The summed E-state index contributed by atoms with van der Waals surface area (Å²) < 4.78 is 5.20. The maximum Gasteiger partial charge on any atom is 0.321 e. The first kappa shape index (κ1) is 19.0. The number of esters is 1. The molecule has 2 N–H and O–H groups in total. The van der Waals surface area contributed by atoms with Gasteiger partial charge in [-0.05, 0) is 30.5 Å². The van der Waals surface area contributed by atoms with Gasteiger partial charge >= 0.3 is 12.0 Å². The molecule has 1 fully saturated rings. The van der Waals surface area contributed by atoms with Crippen molar-refractivity contribution in [3.63, 3.8) is 0 Å². The average Bonchev–Trinajstić information content (AvgIpc) is 3.09. The highest BCUT2D eigenvalue weighted by molar-refractivity contribution is 6.30. The van der Waals surface area contributed by atoms with Gasteiger partial charge in [-0.25, -0.2) is 4.79 Å². The number of benzene rings is 1. The van der Waals surface area contributed by atoms with Crippen LogP contribution < -0.4 is 10.6 Å². The molecular weight excluding hydrogens is 344 g/mol. The maximum absolute atomic E-state index is 12.7. The van der Waals surface area contributed by atoms with Crippen molar-refractivity contribution in [2.24, 2.45) is 0 Å². The molecule has 1 saturated carbocycles. The van der Waals surface area contributed by atoms with E-state index in [9.17, 15) is 14.4 Å². The van der Waals surface area contributed by atoms with E-state index in [0.29, 0.717) is 17.9 Å². The quantitative estimate of drug-likeness (QED) is 0.600. The first-order valence-electron chi connectivity index (χ1n) is 8.10. The van der Waals surface area contributed by atoms with Gasteiger partial charge in [0.2, 0.25) is 0 Å². The zero-order valence-corrected chi connectivity index (χ0v) is 14.6. The normalized spacial score (nSPS) is 15.2. The van der Waals surface area contributed by atoms with Gasteiger partial charge < -0.3 is 10.1 Å². The number of imide groups is 1. The Morgan fingerprint density at radius 1 is 1.20 bits per heavy atom. The van der Waals surface area contributed by atoms with Crippen LogP contribution in [0.1, 0.15) is 31.2 Å². The topological polar surface area (TPSA) is 84.5 Å². The average molecular weight is 365 g/mol. The number of rotatable bonds is 6. The molecule has 1 aliphatic rings. The Kier molecular flexibility index (Phi) is 6.58. The van der Waals surface area contributed by atoms with E-state index >= 15 is 0 Å². The highest BCUT2D eigenvalue weighted by Crippen LogP contribution is 2.42. The number of carbonyl (C=O) groups is 3. The Balaban J connectivity index is 1.97. The lowest BCUT2D eigenvalue weighted by atomic mass is 9.79. The lowest BCUT2D eigenvalue weighted by Gasteiger charge is -2.27. The number of hydrogen-bond donors (Lipinski definition) is 2. The molecule has 0 unspecified atom stereocenters. The van der Waals surface area contributed by atoms with Gasteiger partial charge in [0.1, 0.15) is 0 Å². The molecule has 134 valence electrons. The Bertz CT molecular complexity index is 652. The second-order valence-electron chi connectivity index (χ2n) is 5.92. The summed E-state index contributed by atoms with van der Waals surface area (Å²) in [4.78, 5) is 35.8. The van der Waals surface area contributed by atoms with Crippen molar-refractivity contribution >= 4 is 29.5 Å². The van der Waals surface area contributed by atoms with Gasteiger partial charge in [0.15, 0.2) is 6.61 Å². The van der Waals surface area contributed by atoms with Gasteiger partial charge in [-0.15, -0.1) is 6.58 Å². The molecule has 1 aromatic rings. The number of hydrogen-bond acceptors (Lipinski definition) is 4. The van der Waals surface area contributed by atoms with Crippen LogP contribution >= 0.6 is 11.6 Å². The lowest BCUT2D eigenvalue weighted by molar-refractivity contribution is -0.154. The summed E-state index contributed by atoms with van der Waals surface area (Å²) in [6.07, 6.45) is 4.63. The second kappa shape index (κ2) is 8.67. The molecule has 3 amide bonds. The summed E-state index contributed by atoms with van der Waals surface area (Å²) in [5, 5.41) is 5.08. The van der Waals surface area contributed by atoms with Crippen molar-refractivity contribution in [1.82, 2.24) is 10.6 Å². The van der Waals surface area contributed by atoms with Crippen LogP contribution in [0, 0.1) is 0 Å². The third-order valence-electron chi connectivity index (χ3n) is 4.24. The van der Waals surface area contributed by atoms with E-state index in [1.54, 1.807) is 12.1 Å². The van der Waals surface area contributed by atoms with Crippen molar-refractivity contribution in [2.45, 2.75) is 31.1 Å². The Morgan fingerprint density at radius 2 is 1.84 bits per heavy atom. The van der Waals surface area contributed by atoms with Crippen LogP contribution in [0.4, 0.5) is 4.79 Å². The van der Waals surface area contributed by atoms with Gasteiger partial charge in [0.05, 0.1) is 5.41 Å². The van der Waals surface area contributed by atoms with Gasteiger partial charge in [-0.3, -0.25) is 14.9 Å². The molecule has 0 saturated heterocycles. The predicted octanol–water partition coefficient (Wildman–Crippen LogP) is 2.71. The number of nitrogens with one attached hydrogen (secondary N) is 2. The minimum absolute atomic E-state index is 0.235. The molecule has 0 aliphatic heterocycles. The molecule has 1 aromatic carbocycles. The number of urea groups is 1. The first-order chi connectivity index (χ1) is 12.0. The molecule has 6 nitrogen and oxygen atoms in total. The summed E-state index contributed by atoms with van der Waals surface area (Å²) in [5.41, 5.74) is 0.0826.